The highest BCUT2D eigenvalue weighted by Crippen LogP contribution is 2.18. The molecule has 0 aliphatic carbocycles. The van der Waals surface area contributed by atoms with Gasteiger partial charge in [-0.15, -0.1) is 10.2 Å². The van der Waals surface area contributed by atoms with Crippen LogP contribution in [0.4, 0.5) is 0 Å². The van der Waals surface area contributed by atoms with Crippen molar-refractivity contribution in [1.29, 1.82) is 0 Å². The van der Waals surface area contributed by atoms with Crippen LogP contribution in [0.25, 0.3) is 11.5 Å². The van der Waals surface area contributed by atoms with Crippen LogP contribution in [0.2, 0.25) is 0 Å². The Balaban J connectivity index is 1.66. The molecule has 0 bridgehead atoms. The van der Waals surface area contributed by atoms with Crippen molar-refractivity contribution in [3.63, 3.8) is 0 Å². The molecular weight excluding hydrogens is 280 g/mol. The molecule has 0 unspecified atom stereocenters. The maximum Gasteiger partial charge on any atom is 0.251 e. The van der Waals surface area contributed by atoms with Gasteiger partial charge in [-0.25, -0.2) is 0 Å². The van der Waals surface area contributed by atoms with Gasteiger partial charge in [0.1, 0.15) is 0 Å². The third-order valence-corrected chi connectivity index (χ3v) is 3.10. The van der Waals surface area contributed by atoms with Crippen molar-refractivity contribution in [1.82, 2.24) is 20.5 Å². The number of carbonyl (C=O) groups excluding carboxylic acids is 1. The SMILES string of the molecule is Cc1nnc(-c2ccc(C(=O)NCc3cccnc3)cc2)o1. The number of aromatic nitrogens is 3. The molecule has 3 rings (SSSR count). The zero-order chi connectivity index (χ0) is 15.4. The first-order valence-corrected chi connectivity index (χ1v) is 6.80. The lowest BCUT2D eigenvalue weighted by Crippen LogP contribution is -2.22. The van der Waals surface area contributed by atoms with Crippen LogP contribution >= 0.6 is 0 Å². The molecule has 6 nitrogen and oxygen atoms in total. The zero-order valence-corrected chi connectivity index (χ0v) is 12.0. The van der Waals surface area contributed by atoms with Gasteiger partial charge in [0, 0.05) is 37.0 Å². The Morgan fingerprint density at radius 2 is 2.00 bits per heavy atom. The number of hydrogen-bond donors (Lipinski definition) is 1. The molecule has 1 aromatic carbocycles. The highest BCUT2D eigenvalue weighted by molar-refractivity contribution is 5.94. The van der Waals surface area contributed by atoms with Gasteiger partial charge >= 0.3 is 0 Å². The molecule has 0 aliphatic rings. The van der Waals surface area contributed by atoms with E-state index in [1.807, 2.05) is 12.1 Å². The maximum atomic E-state index is 12.1. The normalized spacial score (nSPS) is 10.4. The Labute approximate surface area is 127 Å². The summed E-state index contributed by atoms with van der Waals surface area (Å²) in [7, 11) is 0. The molecule has 6 heteroatoms. The van der Waals surface area contributed by atoms with E-state index in [0.29, 0.717) is 23.9 Å². The lowest BCUT2D eigenvalue weighted by Gasteiger charge is -2.05. The molecule has 2 aromatic heterocycles. The smallest absolute Gasteiger partial charge is 0.251 e. The van der Waals surface area contributed by atoms with E-state index in [1.54, 1.807) is 43.6 Å². The van der Waals surface area contributed by atoms with Crippen LogP contribution in [0, 0.1) is 6.92 Å². The molecule has 0 aliphatic heterocycles. The fourth-order valence-corrected chi connectivity index (χ4v) is 1.96. The van der Waals surface area contributed by atoms with E-state index in [4.69, 9.17) is 4.42 Å². The zero-order valence-electron chi connectivity index (χ0n) is 12.0. The van der Waals surface area contributed by atoms with Crippen LogP contribution in [0.1, 0.15) is 21.8 Å². The van der Waals surface area contributed by atoms with Crippen LogP contribution in [-0.4, -0.2) is 21.1 Å². The highest BCUT2D eigenvalue weighted by Gasteiger charge is 2.09. The second-order valence-electron chi connectivity index (χ2n) is 4.75. The molecule has 0 saturated carbocycles. The fourth-order valence-electron chi connectivity index (χ4n) is 1.96. The minimum absolute atomic E-state index is 0.142. The molecule has 2 heterocycles. The standard InChI is InChI=1S/C16H14N4O2/c1-11-19-20-16(22-11)14-6-4-13(5-7-14)15(21)18-10-12-3-2-8-17-9-12/h2-9H,10H2,1H3,(H,18,21). The quantitative estimate of drug-likeness (QED) is 0.799. The van der Waals surface area contributed by atoms with Crippen molar-refractivity contribution >= 4 is 5.91 Å². The second kappa shape index (κ2) is 6.17. The van der Waals surface area contributed by atoms with Crippen molar-refractivity contribution in [2.24, 2.45) is 0 Å². The first kappa shape index (κ1) is 13.9. The van der Waals surface area contributed by atoms with Gasteiger partial charge in [0.15, 0.2) is 0 Å². The molecular formula is C16H14N4O2. The molecule has 1 amide bonds. The minimum atomic E-state index is -0.142. The molecule has 110 valence electrons. The van der Waals surface area contributed by atoms with Gasteiger partial charge in [-0.1, -0.05) is 6.07 Å². The number of rotatable bonds is 4. The van der Waals surface area contributed by atoms with Gasteiger partial charge < -0.3 is 9.73 Å². The highest BCUT2D eigenvalue weighted by atomic mass is 16.4. The van der Waals surface area contributed by atoms with E-state index < -0.39 is 0 Å². The van der Waals surface area contributed by atoms with E-state index in [0.717, 1.165) is 11.1 Å². The first-order chi connectivity index (χ1) is 10.7. The number of aryl methyl sites for hydroxylation is 1. The fraction of sp³-hybridized carbons (Fsp3) is 0.125. The molecule has 1 N–H and O–H groups in total. The largest absolute Gasteiger partial charge is 0.421 e. The van der Waals surface area contributed by atoms with E-state index in [-0.39, 0.29) is 5.91 Å². The molecule has 0 fully saturated rings. The molecule has 22 heavy (non-hydrogen) atoms. The van der Waals surface area contributed by atoms with Crippen LogP contribution in [0.3, 0.4) is 0 Å². The lowest BCUT2D eigenvalue weighted by atomic mass is 10.1. The summed E-state index contributed by atoms with van der Waals surface area (Å²) in [5.74, 6) is 0.810. The average molecular weight is 294 g/mol. The van der Waals surface area contributed by atoms with Gasteiger partial charge in [-0.05, 0) is 35.9 Å². The Morgan fingerprint density at radius 1 is 1.18 bits per heavy atom. The number of nitrogens with zero attached hydrogens (tertiary/aromatic N) is 3. The van der Waals surface area contributed by atoms with E-state index >= 15 is 0 Å². The van der Waals surface area contributed by atoms with Crippen LogP contribution in [0.5, 0.6) is 0 Å². The van der Waals surface area contributed by atoms with Crippen molar-refractivity contribution in [2.75, 3.05) is 0 Å². The van der Waals surface area contributed by atoms with Gasteiger partial charge in [-0.2, -0.15) is 0 Å². The summed E-state index contributed by atoms with van der Waals surface area (Å²) in [5.41, 5.74) is 2.31. The Morgan fingerprint density at radius 3 is 2.64 bits per heavy atom. The molecule has 3 aromatic rings. The number of carbonyl (C=O) groups is 1. The van der Waals surface area contributed by atoms with Crippen molar-refractivity contribution in [3.05, 3.63) is 65.8 Å². The third kappa shape index (κ3) is 3.17. The predicted octanol–water partition coefficient (Wildman–Crippen LogP) is 2.37. The van der Waals surface area contributed by atoms with Crippen molar-refractivity contribution in [3.8, 4) is 11.5 Å². The van der Waals surface area contributed by atoms with Gasteiger partial charge in [-0.3, -0.25) is 9.78 Å². The Kier molecular flexibility index (Phi) is 3.91. The number of nitrogens with one attached hydrogen (secondary N) is 1. The van der Waals surface area contributed by atoms with E-state index in [9.17, 15) is 4.79 Å². The van der Waals surface area contributed by atoms with E-state index in [2.05, 4.69) is 20.5 Å². The number of amides is 1. The van der Waals surface area contributed by atoms with Crippen molar-refractivity contribution in [2.45, 2.75) is 13.5 Å². The molecule has 0 radical (unpaired) electrons. The third-order valence-electron chi connectivity index (χ3n) is 3.10. The maximum absolute atomic E-state index is 12.1. The minimum Gasteiger partial charge on any atom is -0.421 e. The summed E-state index contributed by atoms with van der Waals surface area (Å²) in [4.78, 5) is 16.1. The molecule has 0 saturated heterocycles. The monoisotopic (exact) mass is 294 g/mol. The van der Waals surface area contributed by atoms with E-state index in [1.165, 1.54) is 0 Å². The van der Waals surface area contributed by atoms with Gasteiger partial charge in [0.2, 0.25) is 11.8 Å². The summed E-state index contributed by atoms with van der Waals surface area (Å²) in [5, 5.41) is 10.6. The summed E-state index contributed by atoms with van der Waals surface area (Å²) in [6, 6.07) is 10.8. The second-order valence-corrected chi connectivity index (χ2v) is 4.75. The van der Waals surface area contributed by atoms with Crippen LogP contribution < -0.4 is 5.32 Å². The average Bonchev–Trinajstić information content (AvgIpc) is 3.00. The predicted molar refractivity (Wildman–Crippen MR) is 79.9 cm³/mol. The number of pyridine rings is 1. The van der Waals surface area contributed by atoms with Gasteiger partial charge in [0.25, 0.3) is 5.91 Å². The molecule has 0 spiro atoms. The molecule has 0 atom stereocenters. The van der Waals surface area contributed by atoms with Gasteiger partial charge in [0.05, 0.1) is 0 Å². The van der Waals surface area contributed by atoms with Crippen LogP contribution in [-0.2, 0) is 6.54 Å². The Bertz CT molecular complexity index is 766. The first-order valence-electron chi connectivity index (χ1n) is 6.80. The topological polar surface area (TPSA) is 80.9 Å². The van der Waals surface area contributed by atoms with Crippen molar-refractivity contribution < 1.29 is 9.21 Å². The lowest BCUT2D eigenvalue weighted by molar-refractivity contribution is 0.0951. The summed E-state index contributed by atoms with van der Waals surface area (Å²) in [6.07, 6.45) is 3.42. The summed E-state index contributed by atoms with van der Waals surface area (Å²) < 4.78 is 5.35. The number of hydrogen-bond acceptors (Lipinski definition) is 5. The number of benzene rings is 1. The van der Waals surface area contributed by atoms with Crippen LogP contribution in [0.15, 0.2) is 53.2 Å². The Hall–Kier alpha value is -3.02. The summed E-state index contributed by atoms with van der Waals surface area (Å²) >= 11 is 0. The summed E-state index contributed by atoms with van der Waals surface area (Å²) in [6.45, 7) is 2.17.